The van der Waals surface area contributed by atoms with Crippen molar-refractivity contribution in [3.05, 3.63) is 0 Å². The molecule has 0 spiro atoms. The van der Waals surface area contributed by atoms with Gasteiger partial charge in [-0.15, -0.1) is 0 Å². The van der Waals surface area contributed by atoms with E-state index in [1.54, 1.807) is 0 Å². The summed E-state index contributed by atoms with van der Waals surface area (Å²) in [7, 11) is 0. The minimum Gasteiger partial charge on any atom is -0.389 e. The molecule has 14 heavy (non-hydrogen) atoms. The van der Waals surface area contributed by atoms with Crippen LogP contribution in [-0.2, 0) is 0 Å². The van der Waals surface area contributed by atoms with Crippen molar-refractivity contribution >= 4 is 11.8 Å². The highest BCUT2D eigenvalue weighted by Crippen LogP contribution is 2.19. The van der Waals surface area contributed by atoms with Gasteiger partial charge in [0.25, 0.3) is 0 Å². The minimum atomic E-state index is -0.567. The Bertz CT molecular complexity index is 165. The number of hydrogen-bond donors (Lipinski definition) is 2. The Kier molecular flexibility index (Phi) is 4.74. The quantitative estimate of drug-likeness (QED) is 0.754. The Morgan fingerprint density at radius 3 is 2.79 bits per heavy atom. The van der Waals surface area contributed by atoms with Crippen LogP contribution in [0.3, 0.4) is 0 Å². The van der Waals surface area contributed by atoms with Crippen LogP contribution >= 0.6 is 11.8 Å². The summed E-state index contributed by atoms with van der Waals surface area (Å²) in [5, 5.41) is 13.5. The van der Waals surface area contributed by atoms with Gasteiger partial charge in [-0.05, 0) is 31.4 Å². The Morgan fingerprint density at radius 2 is 2.29 bits per heavy atom. The average Bonchev–Trinajstić information content (AvgIpc) is 2.16. The van der Waals surface area contributed by atoms with Gasteiger partial charge >= 0.3 is 0 Å². The maximum absolute atomic E-state index is 10.1. The normalized spacial score (nSPS) is 27.6. The van der Waals surface area contributed by atoms with Crippen molar-refractivity contribution in [3.8, 4) is 0 Å². The molecule has 0 aromatic carbocycles. The van der Waals surface area contributed by atoms with Gasteiger partial charge in [-0.25, -0.2) is 0 Å². The van der Waals surface area contributed by atoms with E-state index < -0.39 is 5.60 Å². The van der Waals surface area contributed by atoms with Crippen molar-refractivity contribution in [3.63, 3.8) is 0 Å². The second-order valence-corrected chi connectivity index (χ2v) is 5.96. The monoisotopic (exact) mass is 217 g/mol. The van der Waals surface area contributed by atoms with Gasteiger partial charge in [0.05, 0.1) is 5.60 Å². The second-order valence-electron chi connectivity index (χ2n) is 4.81. The summed E-state index contributed by atoms with van der Waals surface area (Å²) in [6.07, 6.45) is 2.58. The molecule has 1 saturated heterocycles. The smallest absolute Gasteiger partial charge is 0.0766 e. The van der Waals surface area contributed by atoms with Gasteiger partial charge in [0.1, 0.15) is 0 Å². The first kappa shape index (κ1) is 12.3. The highest BCUT2D eigenvalue weighted by molar-refractivity contribution is 7.99. The van der Waals surface area contributed by atoms with Crippen molar-refractivity contribution in [1.29, 1.82) is 0 Å². The third-order valence-electron chi connectivity index (χ3n) is 3.15. The van der Waals surface area contributed by atoms with E-state index in [2.05, 4.69) is 19.2 Å². The van der Waals surface area contributed by atoms with Crippen LogP contribution in [0.25, 0.3) is 0 Å². The molecular formula is C11H23NOS. The Balaban J connectivity index is 2.24. The predicted molar refractivity (Wildman–Crippen MR) is 63.8 cm³/mol. The molecule has 0 aliphatic carbocycles. The maximum atomic E-state index is 10.1. The van der Waals surface area contributed by atoms with Crippen molar-refractivity contribution in [2.45, 2.75) is 45.3 Å². The maximum Gasteiger partial charge on any atom is 0.0766 e. The van der Waals surface area contributed by atoms with E-state index in [1.807, 2.05) is 18.7 Å². The van der Waals surface area contributed by atoms with Crippen molar-refractivity contribution in [2.75, 3.05) is 18.1 Å². The zero-order chi connectivity index (χ0) is 10.6. The Hall–Kier alpha value is 0.270. The summed E-state index contributed by atoms with van der Waals surface area (Å²) in [6.45, 7) is 6.77. The van der Waals surface area contributed by atoms with E-state index in [9.17, 15) is 5.11 Å². The number of rotatable bonds is 4. The van der Waals surface area contributed by atoms with Gasteiger partial charge in [0.2, 0.25) is 0 Å². The molecule has 84 valence electrons. The zero-order valence-corrected chi connectivity index (χ0v) is 10.4. The molecule has 1 aliphatic heterocycles. The van der Waals surface area contributed by atoms with Crippen LogP contribution in [0.15, 0.2) is 0 Å². The fraction of sp³-hybridized carbons (Fsp3) is 1.00. The first-order valence-electron chi connectivity index (χ1n) is 5.56. The lowest BCUT2D eigenvalue weighted by Gasteiger charge is -2.31. The topological polar surface area (TPSA) is 32.3 Å². The fourth-order valence-electron chi connectivity index (χ4n) is 1.46. The summed E-state index contributed by atoms with van der Waals surface area (Å²) in [5.74, 6) is 2.82. The molecular weight excluding hydrogens is 194 g/mol. The van der Waals surface area contributed by atoms with Gasteiger partial charge < -0.3 is 10.4 Å². The van der Waals surface area contributed by atoms with E-state index in [0.29, 0.717) is 12.0 Å². The van der Waals surface area contributed by atoms with Gasteiger partial charge in [-0.1, -0.05) is 13.8 Å². The van der Waals surface area contributed by atoms with Gasteiger partial charge in [-0.3, -0.25) is 0 Å². The van der Waals surface area contributed by atoms with Crippen LogP contribution in [0.4, 0.5) is 0 Å². The Morgan fingerprint density at radius 1 is 1.57 bits per heavy atom. The third kappa shape index (κ3) is 3.79. The van der Waals surface area contributed by atoms with E-state index in [4.69, 9.17) is 0 Å². The minimum absolute atomic E-state index is 0.311. The molecule has 1 fully saturated rings. The molecule has 0 bridgehead atoms. The second kappa shape index (κ2) is 5.38. The molecule has 0 aromatic rings. The molecule has 2 unspecified atom stereocenters. The van der Waals surface area contributed by atoms with Crippen molar-refractivity contribution in [2.24, 2.45) is 5.92 Å². The van der Waals surface area contributed by atoms with E-state index in [-0.39, 0.29) is 0 Å². The molecule has 0 saturated carbocycles. The molecule has 3 heteroatoms. The molecule has 0 radical (unpaired) electrons. The summed E-state index contributed by atoms with van der Waals surface area (Å²) >= 11 is 2.02. The fourth-order valence-corrected chi connectivity index (χ4v) is 2.56. The number of thioether (sulfide) groups is 1. The number of hydrogen-bond acceptors (Lipinski definition) is 3. The van der Waals surface area contributed by atoms with E-state index in [1.165, 1.54) is 24.3 Å². The van der Waals surface area contributed by atoms with Gasteiger partial charge in [-0.2, -0.15) is 11.8 Å². The van der Waals surface area contributed by atoms with Gasteiger partial charge in [0, 0.05) is 18.3 Å². The number of aliphatic hydroxyl groups is 1. The third-order valence-corrected chi connectivity index (χ3v) is 4.37. The lowest BCUT2D eigenvalue weighted by atomic mass is 9.92. The van der Waals surface area contributed by atoms with Crippen molar-refractivity contribution < 1.29 is 5.11 Å². The molecule has 1 rings (SSSR count). The zero-order valence-electron chi connectivity index (χ0n) is 9.55. The van der Waals surface area contributed by atoms with Crippen LogP contribution in [0, 0.1) is 5.92 Å². The first-order valence-corrected chi connectivity index (χ1v) is 6.71. The Labute approximate surface area is 91.9 Å². The summed E-state index contributed by atoms with van der Waals surface area (Å²) in [6, 6.07) is 0.610. The van der Waals surface area contributed by atoms with E-state index in [0.717, 1.165) is 6.54 Å². The lowest BCUT2D eigenvalue weighted by Crippen LogP contribution is -2.47. The van der Waals surface area contributed by atoms with Crippen LogP contribution in [0.2, 0.25) is 0 Å². The molecule has 0 aromatic heterocycles. The van der Waals surface area contributed by atoms with Crippen molar-refractivity contribution in [1.82, 2.24) is 5.32 Å². The summed E-state index contributed by atoms with van der Waals surface area (Å²) < 4.78 is 0. The summed E-state index contributed by atoms with van der Waals surface area (Å²) in [5.41, 5.74) is -0.567. The summed E-state index contributed by atoms with van der Waals surface area (Å²) in [4.78, 5) is 0. The first-order chi connectivity index (χ1) is 6.52. The standard InChI is InChI=1S/C11H23NOS/c1-9(2)11(3,13)8-12-10-5-4-6-14-7-10/h9-10,12-13H,4-8H2,1-3H3. The molecule has 2 N–H and O–H groups in total. The molecule has 2 nitrogen and oxygen atoms in total. The van der Waals surface area contributed by atoms with E-state index >= 15 is 0 Å². The number of nitrogens with one attached hydrogen (secondary N) is 1. The lowest BCUT2D eigenvalue weighted by molar-refractivity contribution is 0.0121. The molecule has 2 atom stereocenters. The van der Waals surface area contributed by atoms with Crippen LogP contribution < -0.4 is 5.32 Å². The SMILES string of the molecule is CC(C)C(C)(O)CNC1CCCSC1. The van der Waals surface area contributed by atoms with Crippen LogP contribution in [0.5, 0.6) is 0 Å². The highest BCUT2D eigenvalue weighted by Gasteiger charge is 2.26. The van der Waals surface area contributed by atoms with Crippen LogP contribution in [-0.4, -0.2) is 34.8 Å². The molecule has 1 aliphatic rings. The highest BCUT2D eigenvalue weighted by atomic mass is 32.2. The predicted octanol–water partition coefficient (Wildman–Crippen LogP) is 1.88. The van der Waals surface area contributed by atoms with Gasteiger partial charge in [0.15, 0.2) is 0 Å². The molecule has 1 heterocycles. The largest absolute Gasteiger partial charge is 0.389 e. The van der Waals surface area contributed by atoms with Crippen LogP contribution in [0.1, 0.15) is 33.6 Å². The molecule has 0 amide bonds. The average molecular weight is 217 g/mol.